The molecule has 0 aliphatic carbocycles. The Morgan fingerprint density at radius 2 is 1.88 bits per heavy atom. The van der Waals surface area contributed by atoms with Crippen molar-refractivity contribution < 1.29 is 24.2 Å². The number of carbonyl (C=O) groups excluding carboxylic acids is 2. The number of piperazine rings is 1. The number of fused-ring (bicyclic) bond motifs is 1. The van der Waals surface area contributed by atoms with E-state index < -0.39 is 0 Å². The third kappa shape index (κ3) is 4.00. The lowest BCUT2D eigenvalue weighted by Gasteiger charge is -2.59. The smallest absolute Gasteiger partial charge is 0.242 e. The number of benzene rings is 2. The molecule has 7 nitrogen and oxygen atoms in total. The molecule has 1 N–H and O–H groups in total. The summed E-state index contributed by atoms with van der Waals surface area (Å²) in [6.45, 7) is 1.73. The van der Waals surface area contributed by atoms with Gasteiger partial charge in [-0.2, -0.15) is 0 Å². The predicted octanol–water partition coefficient (Wildman–Crippen LogP) is 2.29. The van der Waals surface area contributed by atoms with Crippen molar-refractivity contribution in [3.63, 3.8) is 0 Å². The van der Waals surface area contributed by atoms with E-state index in [1.54, 1.807) is 16.9 Å². The number of aliphatic hydroxyl groups is 1. The van der Waals surface area contributed by atoms with E-state index in [1.807, 2.05) is 24.3 Å². The van der Waals surface area contributed by atoms with Crippen LogP contribution in [0.15, 0.2) is 48.5 Å². The highest BCUT2D eigenvalue weighted by atomic mass is 16.5. The zero-order valence-corrected chi connectivity index (χ0v) is 18.9. The van der Waals surface area contributed by atoms with Crippen molar-refractivity contribution in [1.82, 2.24) is 9.80 Å². The molecule has 2 aromatic carbocycles. The maximum Gasteiger partial charge on any atom is 0.242 e. The van der Waals surface area contributed by atoms with Crippen LogP contribution in [-0.4, -0.2) is 78.8 Å². The van der Waals surface area contributed by atoms with Gasteiger partial charge in [-0.1, -0.05) is 36.4 Å². The topological polar surface area (TPSA) is 79.3 Å². The minimum atomic E-state index is -0.245. The second kappa shape index (κ2) is 9.15. The molecular weight excluding hydrogens is 420 g/mol. The Labute approximate surface area is 193 Å². The van der Waals surface area contributed by atoms with E-state index in [1.165, 1.54) is 0 Å². The summed E-state index contributed by atoms with van der Waals surface area (Å²) in [5.74, 6) is 0.735. The van der Waals surface area contributed by atoms with E-state index in [0.717, 1.165) is 22.4 Å². The lowest BCUT2D eigenvalue weighted by Crippen LogP contribution is -2.73. The van der Waals surface area contributed by atoms with Gasteiger partial charge in [0.1, 0.15) is 5.75 Å². The minimum Gasteiger partial charge on any atom is -0.497 e. The molecule has 0 bridgehead atoms. The van der Waals surface area contributed by atoms with Crippen molar-refractivity contribution >= 4 is 11.8 Å². The van der Waals surface area contributed by atoms with Gasteiger partial charge in [0.05, 0.1) is 32.3 Å². The normalized spacial score (nSPS) is 25.4. The van der Waals surface area contributed by atoms with E-state index in [-0.39, 0.29) is 48.9 Å². The van der Waals surface area contributed by atoms with Gasteiger partial charge in [-0.05, 0) is 41.7 Å². The van der Waals surface area contributed by atoms with Crippen LogP contribution < -0.4 is 4.74 Å². The lowest BCUT2D eigenvalue weighted by atomic mass is 9.73. The van der Waals surface area contributed by atoms with Gasteiger partial charge in [0.25, 0.3) is 0 Å². The maximum absolute atomic E-state index is 13.1. The summed E-state index contributed by atoms with van der Waals surface area (Å²) < 4.78 is 10.7. The Balaban J connectivity index is 1.35. The SMILES string of the molecule is COc1cccc(-c2ccc([C@H]3[C@H](CO)N4C(=O)CN(C(=O)C5CCOCC5)C[C@@H]34)cc2)c1. The summed E-state index contributed by atoms with van der Waals surface area (Å²) in [4.78, 5) is 29.5. The third-order valence-corrected chi connectivity index (χ3v) is 7.33. The van der Waals surface area contributed by atoms with Crippen molar-refractivity contribution in [2.24, 2.45) is 5.92 Å². The van der Waals surface area contributed by atoms with Crippen molar-refractivity contribution in [3.05, 3.63) is 54.1 Å². The van der Waals surface area contributed by atoms with Crippen LogP contribution in [0.1, 0.15) is 24.3 Å². The zero-order valence-electron chi connectivity index (χ0n) is 18.9. The van der Waals surface area contributed by atoms with Gasteiger partial charge in [0, 0.05) is 31.6 Å². The molecule has 174 valence electrons. The third-order valence-electron chi connectivity index (χ3n) is 7.33. The van der Waals surface area contributed by atoms with Crippen LogP contribution in [0.25, 0.3) is 11.1 Å². The van der Waals surface area contributed by atoms with E-state index in [0.29, 0.717) is 32.6 Å². The molecule has 0 radical (unpaired) electrons. The molecule has 2 aromatic rings. The first-order chi connectivity index (χ1) is 16.1. The molecule has 3 heterocycles. The molecule has 2 amide bonds. The molecule has 7 heteroatoms. The van der Waals surface area contributed by atoms with Gasteiger partial charge in [0.15, 0.2) is 0 Å². The summed E-state index contributed by atoms with van der Waals surface area (Å²) >= 11 is 0. The number of methoxy groups -OCH3 is 1. The van der Waals surface area contributed by atoms with E-state index in [2.05, 4.69) is 24.3 Å². The maximum atomic E-state index is 13.1. The highest BCUT2D eigenvalue weighted by Crippen LogP contribution is 2.43. The van der Waals surface area contributed by atoms with Gasteiger partial charge >= 0.3 is 0 Å². The largest absolute Gasteiger partial charge is 0.497 e. The van der Waals surface area contributed by atoms with Crippen LogP contribution in [0.2, 0.25) is 0 Å². The molecule has 0 spiro atoms. The fourth-order valence-corrected chi connectivity index (χ4v) is 5.57. The van der Waals surface area contributed by atoms with Crippen LogP contribution in [-0.2, 0) is 14.3 Å². The molecule has 5 rings (SSSR count). The number of ether oxygens (including phenoxy) is 2. The fraction of sp³-hybridized carbons (Fsp3) is 0.462. The van der Waals surface area contributed by atoms with E-state index in [9.17, 15) is 14.7 Å². The average molecular weight is 451 g/mol. The Morgan fingerprint density at radius 1 is 1.12 bits per heavy atom. The number of amides is 2. The number of aliphatic hydroxyl groups excluding tert-OH is 1. The Bertz CT molecular complexity index is 1020. The highest BCUT2D eigenvalue weighted by molar-refractivity contribution is 5.88. The molecule has 0 saturated carbocycles. The van der Waals surface area contributed by atoms with Gasteiger partial charge in [-0.3, -0.25) is 9.59 Å². The highest BCUT2D eigenvalue weighted by Gasteiger charge is 2.54. The van der Waals surface area contributed by atoms with Crippen molar-refractivity contribution in [2.75, 3.05) is 40.0 Å². The Hall–Kier alpha value is -2.90. The monoisotopic (exact) mass is 450 g/mol. The lowest BCUT2D eigenvalue weighted by molar-refractivity contribution is -0.169. The van der Waals surface area contributed by atoms with Crippen LogP contribution in [0.4, 0.5) is 0 Å². The number of carbonyl (C=O) groups is 2. The van der Waals surface area contributed by atoms with Crippen molar-refractivity contribution in [2.45, 2.75) is 30.8 Å². The van der Waals surface area contributed by atoms with Crippen LogP contribution >= 0.6 is 0 Å². The molecule has 3 fully saturated rings. The van der Waals surface area contributed by atoms with Gasteiger partial charge in [0.2, 0.25) is 11.8 Å². The van der Waals surface area contributed by atoms with Gasteiger partial charge < -0.3 is 24.4 Å². The first-order valence-electron chi connectivity index (χ1n) is 11.6. The quantitative estimate of drug-likeness (QED) is 0.756. The van der Waals surface area contributed by atoms with Crippen LogP contribution in [0.3, 0.4) is 0 Å². The number of hydrogen-bond donors (Lipinski definition) is 1. The van der Waals surface area contributed by atoms with Gasteiger partial charge in [-0.25, -0.2) is 0 Å². The predicted molar refractivity (Wildman–Crippen MR) is 123 cm³/mol. The molecule has 3 aliphatic heterocycles. The molecular formula is C26H30N2O5. The Morgan fingerprint density at radius 3 is 2.58 bits per heavy atom. The summed E-state index contributed by atoms with van der Waals surface area (Å²) in [5, 5.41) is 10.0. The molecule has 3 atom stereocenters. The number of rotatable bonds is 5. The summed E-state index contributed by atoms with van der Waals surface area (Å²) in [6, 6.07) is 15.8. The summed E-state index contributed by atoms with van der Waals surface area (Å²) in [5.41, 5.74) is 3.22. The molecule has 3 aliphatic rings. The zero-order chi connectivity index (χ0) is 22.9. The molecule has 0 aromatic heterocycles. The molecule has 0 unspecified atom stereocenters. The van der Waals surface area contributed by atoms with Crippen molar-refractivity contribution in [1.29, 1.82) is 0 Å². The van der Waals surface area contributed by atoms with Crippen LogP contribution in [0, 0.1) is 5.92 Å². The molecule has 3 saturated heterocycles. The summed E-state index contributed by atoms with van der Waals surface area (Å²) in [7, 11) is 1.65. The van der Waals surface area contributed by atoms with E-state index in [4.69, 9.17) is 9.47 Å². The van der Waals surface area contributed by atoms with Gasteiger partial charge in [-0.15, -0.1) is 0 Å². The fourth-order valence-electron chi connectivity index (χ4n) is 5.57. The van der Waals surface area contributed by atoms with Crippen LogP contribution in [0.5, 0.6) is 5.75 Å². The first kappa shape index (κ1) is 21.9. The Kier molecular flexibility index (Phi) is 6.08. The average Bonchev–Trinajstić information content (AvgIpc) is 2.85. The second-order valence-electron chi connectivity index (χ2n) is 9.10. The number of nitrogens with zero attached hydrogens (tertiary/aromatic N) is 2. The standard InChI is InChI=1S/C26H30N2O5/c1-32-21-4-2-3-20(13-21)17-5-7-18(8-6-17)25-22-14-27(15-24(30)28(22)23(25)16-29)26(31)19-9-11-33-12-10-19/h2-8,13,19,22-23,25,29H,9-12,14-16H2,1H3/t22-,23-,25+/m0/s1. The summed E-state index contributed by atoms with van der Waals surface area (Å²) in [6.07, 6.45) is 1.43. The van der Waals surface area contributed by atoms with Crippen molar-refractivity contribution in [3.8, 4) is 16.9 Å². The molecule has 33 heavy (non-hydrogen) atoms. The first-order valence-corrected chi connectivity index (χ1v) is 11.6. The second-order valence-corrected chi connectivity index (χ2v) is 9.10. The van der Waals surface area contributed by atoms with E-state index >= 15 is 0 Å². The number of hydrogen-bond acceptors (Lipinski definition) is 5. The minimum absolute atomic E-state index is 0.00333.